The second-order valence-electron chi connectivity index (χ2n) is 20.7. The molecular weight excluding hydrogens is 903 g/mol. The van der Waals surface area contributed by atoms with Crippen LogP contribution in [-0.4, -0.2) is 0 Å². The molecule has 0 amide bonds. The van der Waals surface area contributed by atoms with E-state index in [4.69, 9.17) is 4.74 Å². The number of para-hydroxylation sites is 2. The summed E-state index contributed by atoms with van der Waals surface area (Å²) in [6, 6.07) is 88.9. The topological polar surface area (TPSA) is 12.5 Å². The first-order valence-electron chi connectivity index (χ1n) is 25.4. The molecule has 1 atom stereocenters. The molecule has 342 valence electrons. The number of thiophene rings is 1. The highest BCUT2D eigenvalue weighted by Gasteiger charge is 2.50. The first-order chi connectivity index (χ1) is 35.9. The quantitative estimate of drug-likeness (QED) is 0.175. The molecule has 2 nitrogen and oxygen atoms in total. The van der Waals surface area contributed by atoms with Crippen LogP contribution in [0.5, 0.6) is 11.5 Å². The summed E-state index contributed by atoms with van der Waals surface area (Å²) in [5.74, 6) is 1.71. The molecule has 2 heterocycles. The maximum Gasteiger partial charge on any atom is 0.135 e. The lowest BCUT2D eigenvalue weighted by atomic mass is 9.65. The predicted octanol–water partition coefficient (Wildman–Crippen LogP) is 19.3. The minimum atomic E-state index is -0.623. The molecule has 0 saturated carbocycles. The molecule has 0 radical (unpaired) electrons. The van der Waals surface area contributed by atoms with E-state index in [-0.39, 0.29) is 5.41 Å². The Labute approximate surface area is 428 Å². The average Bonchev–Trinajstić information content (AvgIpc) is 3.96. The molecule has 1 spiro atoms. The Morgan fingerprint density at radius 3 is 1.47 bits per heavy atom. The monoisotopic (exact) mass is 947 g/mol. The standard InChI is InChI=1S/C70H45NOS/c1-69(2)59-25-11-5-20-49(59)51-35-32-44(39-63(51)69)71(42-31-34-47-52-22-8-14-28-65(52)72-66-29-15-9-23-53(66)55(47)37-42)43-33-36-62-56(38-43)46-18-4-3-17-45(46)48-19-6-12-26-60(48)70(62)61-27-13-7-21-50(61)57-41-68-58(40-64(57)70)54-24-10-16-30-67(54)73-68/h3-41H,1-2H3. The van der Waals surface area contributed by atoms with E-state index in [1.54, 1.807) is 0 Å². The van der Waals surface area contributed by atoms with Gasteiger partial charge in [-0.3, -0.25) is 0 Å². The average molecular weight is 948 g/mol. The van der Waals surface area contributed by atoms with E-state index in [9.17, 15) is 0 Å². The van der Waals surface area contributed by atoms with Crippen molar-refractivity contribution >= 4 is 48.6 Å². The number of benzene rings is 11. The minimum absolute atomic E-state index is 0.186. The summed E-state index contributed by atoms with van der Waals surface area (Å²) in [6.45, 7) is 4.76. The molecule has 12 aromatic rings. The molecule has 0 N–H and O–H groups in total. The summed E-state index contributed by atoms with van der Waals surface area (Å²) in [7, 11) is 0. The molecule has 16 rings (SSSR count). The van der Waals surface area contributed by atoms with Gasteiger partial charge in [-0.1, -0.05) is 184 Å². The number of hydrogen-bond acceptors (Lipinski definition) is 3. The van der Waals surface area contributed by atoms with Crippen molar-refractivity contribution in [2.75, 3.05) is 4.90 Å². The van der Waals surface area contributed by atoms with Crippen molar-refractivity contribution in [2.45, 2.75) is 24.7 Å². The Balaban J connectivity index is 0.994. The van der Waals surface area contributed by atoms with Gasteiger partial charge in [0.2, 0.25) is 0 Å². The van der Waals surface area contributed by atoms with Crippen molar-refractivity contribution in [1.29, 1.82) is 0 Å². The van der Waals surface area contributed by atoms with Crippen LogP contribution in [0.2, 0.25) is 0 Å². The van der Waals surface area contributed by atoms with Crippen molar-refractivity contribution in [3.63, 3.8) is 0 Å². The number of fused-ring (bicyclic) bond motifs is 23. The van der Waals surface area contributed by atoms with Gasteiger partial charge in [-0.05, 0) is 156 Å². The fourth-order valence-corrected chi connectivity index (χ4v) is 14.6. The van der Waals surface area contributed by atoms with Gasteiger partial charge in [0, 0.05) is 53.8 Å². The van der Waals surface area contributed by atoms with Gasteiger partial charge in [0.25, 0.3) is 0 Å². The molecule has 1 aliphatic heterocycles. The lowest BCUT2D eigenvalue weighted by Crippen LogP contribution is -2.29. The van der Waals surface area contributed by atoms with Gasteiger partial charge in [0.05, 0.1) is 5.41 Å². The summed E-state index contributed by atoms with van der Waals surface area (Å²) >= 11 is 1.90. The Morgan fingerprint density at radius 2 is 0.753 bits per heavy atom. The number of hydrogen-bond donors (Lipinski definition) is 0. The highest BCUT2D eigenvalue weighted by atomic mass is 32.1. The van der Waals surface area contributed by atoms with E-state index in [1.807, 2.05) is 11.3 Å². The second kappa shape index (κ2) is 14.9. The summed E-state index contributed by atoms with van der Waals surface area (Å²) in [5, 5.41) is 2.63. The van der Waals surface area contributed by atoms with Crippen LogP contribution in [0.1, 0.15) is 47.2 Å². The third kappa shape index (κ3) is 5.52. The lowest BCUT2D eigenvalue weighted by Gasteiger charge is -2.36. The van der Waals surface area contributed by atoms with E-state index in [2.05, 4.69) is 255 Å². The summed E-state index contributed by atoms with van der Waals surface area (Å²) in [4.78, 5) is 2.51. The third-order valence-corrected chi connectivity index (χ3v) is 17.8. The summed E-state index contributed by atoms with van der Waals surface area (Å²) < 4.78 is 9.36. The first kappa shape index (κ1) is 40.9. The molecule has 0 bridgehead atoms. The van der Waals surface area contributed by atoms with Crippen LogP contribution in [0.3, 0.4) is 0 Å². The lowest BCUT2D eigenvalue weighted by molar-refractivity contribution is 0.488. The van der Waals surface area contributed by atoms with Crippen molar-refractivity contribution in [3.8, 4) is 78.3 Å². The maximum absolute atomic E-state index is 6.72. The van der Waals surface area contributed by atoms with Crippen molar-refractivity contribution in [3.05, 3.63) is 270 Å². The van der Waals surface area contributed by atoms with Gasteiger partial charge >= 0.3 is 0 Å². The van der Waals surface area contributed by atoms with Crippen LogP contribution >= 0.6 is 11.3 Å². The van der Waals surface area contributed by atoms with Gasteiger partial charge in [-0.25, -0.2) is 0 Å². The predicted molar refractivity (Wildman–Crippen MR) is 304 cm³/mol. The van der Waals surface area contributed by atoms with E-state index < -0.39 is 5.41 Å². The van der Waals surface area contributed by atoms with Crippen LogP contribution < -0.4 is 9.64 Å². The van der Waals surface area contributed by atoms with E-state index in [0.29, 0.717) is 0 Å². The molecule has 1 unspecified atom stereocenters. The number of ether oxygens (including phenoxy) is 1. The smallest absolute Gasteiger partial charge is 0.135 e. The molecule has 3 aliphatic carbocycles. The summed E-state index contributed by atoms with van der Waals surface area (Å²) in [5.41, 5.74) is 25.0. The zero-order valence-corrected chi connectivity index (χ0v) is 41.1. The Morgan fingerprint density at radius 1 is 0.301 bits per heavy atom. The molecule has 4 aliphatic rings. The van der Waals surface area contributed by atoms with Crippen LogP contribution in [0.15, 0.2) is 237 Å². The Hall–Kier alpha value is -8.76. The van der Waals surface area contributed by atoms with Crippen LogP contribution in [0.4, 0.5) is 17.1 Å². The molecule has 3 heteroatoms. The van der Waals surface area contributed by atoms with Crippen molar-refractivity contribution < 1.29 is 4.74 Å². The number of nitrogens with zero attached hydrogens (tertiary/aromatic N) is 1. The van der Waals surface area contributed by atoms with E-state index in [1.165, 1.54) is 98.1 Å². The molecule has 11 aromatic carbocycles. The maximum atomic E-state index is 6.72. The van der Waals surface area contributed by atoms with Crippen LogP contribution in [0, 0.1) is 0 Å². The van der Waals surface area contributed by atoms with E-state index in [0.717, 1.165) is 50.8 Å². The molecule has 1 aromatic heterocycles. The Bertz CT molecular complexity index is 4360. The zero-order chi connectivity index (χ0) is 48.2. The fourth-order valence-electron chi connectivity index (χ4n) is 13.5. The molecule has 0 saturated heterocycles. The van der Waals surface area contributed by atoms with Gasteiger partial charge in [-0.2, -0.15) is 0 Å². The highest BCUT2D eigenvalue weighted by Crippen LogP contribution is 2.63. The van der Waals surface area contributed by atoms with Gasteiger partial charge in [-0.15, -0.1) is 11.3 Å². The zero-order valence-electron chi connectivity index (χ0n) is 40.3. The normalized spacial score (nSPS) is 15.5. The first-order valence-corrected chi connectivity index (χ1v) is 26.2. The number of anilines is 3. The summed E-state index contributed by atoms with van der Waals surface area (Å²) in [6.07, 6.45) is 0. The SMILES string of the molecule is CC1(C)c2ccccc2-c2ccc(N(c3ccc4c(c3)-c3ccccc3Oc3ccccc3-4)c3ccc4c(c3)-c3ccccc3-c3ccccc3C43c4ccccc4-c4cc5sc6ccccc6c5cc43)cc21. The number of rotatable bonds is 3. The van der Waals surface area contributed by atoms with Gasteiger partial charge in [0.1, 0.15) is 11.5 Å². The molecule has 73 heavy (non-hydrogen) atoms. The second-order valence-corrected chi connectivity index (χ2v) is 21.8. The largest absolute Gasteiger partial charge is 0.456 e. The fraction of sp³-hybridized carbons (Fsp3) is 0.0571. The van der Waals surface area contributed by atoms with E-state index >= 15 is 0 Å². The van der Waals surface area contributed by atoms with Crippen LogP contribution in [-0.2, 0) is 10.8 Å². The van der Waals surface area contributed by atoms with Crippen LogP contribution in [0.25, 0.3) is 86.9 Å². The van der Waals surface area contributed by atoms with Gasteiger partial charge in [0.15, 0.2) is 0 Å². The third-order valence-electron chi connectivity index (χ3n) is 16.7. The molecular formula is C70H45NOS. The van der Waals surface area contributed by atoms with Gasteiger partial charge < -0.3 is 9.64 Å². The van der Waals surface area contributed by atoms with Crippen molar-refractivity contribution in [2.24, 2.45) is 0 Å². The van der Waals surface area contributed by atoms with Crippen molar-refractivity contribution in [1.82, 2.24) is 0 Å². The molecule has 0 fully saturated rings. The minimum Gasteiger partial charge on any atom is -0.456 e. The Kier molecular flexibility index (Phi) is 8.35. The highest BCUT2D eigenvalue weighted by molar-refractivity contribution is 7.25.